The van der Waals surface area contributed by atoms with Crippen LogP contribution in [-0.2, 0) is 14.3 Å². The zero-order chi connectivity index (χ0) is 21.1. The molecule has 1 heterocycles. The zero-order valence-electron chi connectivity index (χ0n) is 15.6. The number of anilines is 1. The van der Waals surface area contributed by atoms with Crippen molar-refractivity contribution in [2.24, 2.45) is 0 Å². The van der Waals surface area contributed by atoms with Crippen LogP contribution in [0.2, 0.25) is 0 Å². The first kappa shape index (κ1) is 19.1. The highest BCUT2D eigenvalue weighted by Gasteiger charge is 2.34. The number of hydrogen-bond donors (Lipinski definition) is 1. The summed E-state index contributed by atoms with van der Waals surface area (Å²) in [6.45, 7) is -0.577. The number of nitro benzene ring substituents is 1. The van der Waals surface area contributed by atoms with Gasteiger partial charge in [-0.2, -0.15) is 0 Å². The average molecular weight is 404 g/mol. The van der Waals surface area contributed by atoms with Crippen molar-refractivity contribution < 1.29 is 24.0 Å². The van der Waals surface area contributed by atoms with Crippen LogP contribution < -0.4 is 10.1 Å². The third-order valence-electron chi connectivity index (χ3n) is 4.64. The fraction of sp³-hybridized carbons (Fsp3) is 0.0909. The summed E-state index contributed by atoms with van der Waals surface area (Å²) in [5, 5.41) is 13.5. The molecule has 0 saturated heterocycles. The number of ether oxygens (including phenoxy) is 2. The van der Waals surface area contributed by atoms with Crippen LogP contribution in [-0.4, -0.2) is 23.4 Å². The van der Waals surface area contributed by atoms with E-state index in [1.807, 2.05) is 0 Å². The first-order valence-electron chi connectivity index (χ1n) is 9.10. The highest BCUT2D eigenvalue weighted by molar-refractivity contribution is 5.95. The van der Waals surface area contributed by atoms with Crippen molar-refractivity contribution in [3.05, 3.63) is 94.0 Å². The van der Waals surface area contributed by atoms with Crippen LogP contribution in [0.15, 0.2) is 72.8 Å². The second-order valence-corrected chi connectivity index (χ2v) is 6.54. The number of nitro groups is 1. The van der Waals surface area contributed by atoms with Crippen molar-refractivity contribution >= 4 is 23.3 Å². The van der Waals surface area contributed by atoms with E-state index in [1.165, 1.54) is 18.2 Å². The van der Waals surface area contributed by atoms with Crippen molar-refractivity contribution in [1.29, 1.82) is 0 Å². The number of nitrogens with zero attached hydrogens (tertiary/aromatic N) is 1. The number of fused-ring (bicyclic) bond motifs is 2. The molecule has 0 spiro atoms. The Hall–Kier alpha value is -4.20. The molecule has 0 fully saturated rings. The van der Waals surface area contributed by atoms with Crippen LogP contribution in [0.3, 0.4) is 0 Å². The van der Waals surface area contributed by atoms with Crippen LogP contribution in [0.5, 0.6) is 11.5 Å². The largest absolute Gasteiger partial charge is 0.457 e. The minimum absolute atomic E-state index is 0.0327. The van der Waals surface area contributed by atoms with Crippen molar-refractivity contribution in [1.82, 2.24) is 0 Å². The third kappa shape index (κ3) is 3.70. The van der Waals surface area contributed by atoms with Gasteiger partial charge in [0.05, 0.1) is 4.92 Å². The standard InChI is InChI=1S/C22H16N2O6/c25-20(23-16-9-3-4-10-17(16)24(27)28)13-29-22(26)21-14-7-1-5-11-18(14)30-19-12-6-2-8-15(19)21/h1-12,21H,13H2,(H,23,25). The number of benzene rings is 3. The predicted molar refractivity (Wildman–Crippen MR) is 107 cm³/mol. The van der Waals surface area contributed by atoms with Gasteiger partial charge in [-0.25, -0.2) is 0 Å². The van der Waals surface area contributed by atoms with Gasteiger partial charge in [0, 0.05) is 17.2 Å². The van der Waals surface area contributed by atoms with Gasteiger partial charge in [-0.05, 0) is 18.2 Å². The molecule has 0 saturated carbocycles. The minimum atomic E-state index is -0.745. The normalized spacial score (nSPS) is 12.1. The summed E-state index contributed by atoms with van der Waals surface area (Å²) in [6, 6.07) is 20.0. The second-order valence-electron chi connectivity index (χ2n) is 6.54. The smallest absolute Gasteiger partial charge is 0.318 e. The Morgan fingerprint density at radius 1 is 0.933 bits per heavy atom. The molecule has 8 nitrogen and oxygen atoms in total. The first-order chi connectivity index (χ1) is 14.5. The lowest BCUT2D eigenvalue weighted by atomic mass is 9.88. The molecule has 0 unspecified atom stereocenters. The topological polar surface area (TPSA) is 108 Å². The van der Waals surface area contributed by atoms with E-state index in [1.54, 1.807) is 54.6 Å². The van der Waals surface area contributed by atoms with E-state index in [4.69, 9.17) is 9.47 Å². The molecule has 0 bridgehead atoms. The fourth-order valence-electron chi connectivity index (χ4n) is 3.31. The van der Waals surface area contributed by atoms with Crippen molar-refractivity contribution in [2.45, 2.75) is 5.92 Å². The molecule has 3 aromatic rings. The van der Waals surface area contributed by atoms with Gasteiger partial charge in [0.25, 0.3) is 11.6 Å². The van der Waals surface area contributed by atoms with Crippen LogP contribution >= 0.6 is 0 Å². The van der Waals surface area contributed by atoms with Crippen LogP contribution in [0, 0.1) is 10.1 Å². The lowest BCUT2D eigenvalue weighted by molar-refractivity contribution is -0.383. The van der Waals surface area contributed by atoms with Gasteiger partial charge in [-0.15, -0.1) is 0 Å². The molecule has 0 aromatic heterocycles. The lowest BCUT2D eigenvalue weighted by Gasteiger charge is -2.26. The van der Waals surface area contributed by atoms with Crippen molar-refractivity contribution in [3.8, 4) is 11.5 Å². The summed E-state index contributed by atoms with van der Waals surface area (Å²) in [4.78, 5) is 35.6. The zero-order valence-corrected chi connectivity index (χ0v) is 15.6. The van der Waals surface area contributed by atoms with E-state index >= 15 is 0 Å². The first-order valence-corrected chi connectivity index (χ1v) is 9.10. The van der Waals surface area contributed by atoms with Gasteiger partial charge in [-0.3, -0.25) is 19.7 Å². The molecule has 3 aromatic carbocycles. The summed E-state index contributed by atoms with van der Waals surface area (Å²) in [7, 11) is 0. The number of hydrogen-bond acceptors (Lipinski definition) is 6. The summed E-state index contributed by atoms with van der Waals surface area (Å²) in [6.07, 6.45) is 0. The fourth-order valence-corrected chi connectivity index (χ4v) is 3.31. The van der Waals surface area contributed by atoms with Gasteiger partial charge in [-0.1, -0.05) is 48.5 Å². The second kappa shape index (κ2) is 8.04. The Labute approximate surface area is 171 Å². The van der Waals surface area contributed by atoms with E-state index in [0.29, 0.717) is 22.6 Å². The van der Waals surface area contributed by atoms with Gasteiger partial charge in [0.15, 0.2) is 6.61 Å². The maximum Gasteiger partial charge on any atom is 0.318 e. The Morgan fingerprint density at radius 2 is 1.50 bits per heavy atom. The predicted octanol–water partition coefficient (Wildman–Crippen LogP) is 4.01. The Morgan fingerprint density at radius 3 is 2.13 bits per heavy atom. The number of carbonyl (C=O) groups excluding carboxylic acids is 2. The molecule has 4 rings (SSSR count). The van der Waals surface area contributed by atoms with E-state index in [-0.39, 0.29) is 11.4 Å². The monoisotopic (exact) mass is 404 g/mol. The van der Waals surface area contributed by atoms with Crippen LogP contribution in [0.1, 0.15) is 17.0 Å². The van der Waals surface area contributed by atoms with Gasteiger partial charge < -0.3 is 14.8 Å². The highest BCUT2D eigenvalue weighted by Crippen LogP contribution is 2.44. The molecule has 150 valence electrons. The van der Waals surface area contributed by atoms with E-state index in [2.05, 4.69) is 5.32 Å². The third-order valence-corrected chi connectivity index (χ3v) is 4.64. The molecular weight excluding hydrogens is 388 g/mol. The Balaban J connectivity index is 1.50. The molecule has 0 atom stereocenters. The average Bonchev–Trinajstić information content (AvgIpc) is 2.76. The molecule has 30 heavy (non-hydrogen) atoms. The maximum absolute atomic E-state index is 12.9. The van der Waals surface area contributed by atoms with E-state index in [0.717, 1.165) is 0 Å². The Kier molecular flexibility index (Phi) is 5.13. The van der Waals surface area contributed by atoms with Gasteiger partial charge >= 0.3 is 5.97 Å². The van der Waals surface area contributed by atoms with Gasteiger partial charge in [0.1, 0.15) is 23.1 Å². The van der Waals surface area contributed by atoms with Crippen LogP contribution in [0.25, 0.3) is 0 Å². The molecule has 8 heteroatoms. The number of esters is 1. The SMILES string of the molecule is O=C(COC(=O)C1c2ccccc2Oc2ccccc21)Nc1ccccc1[N+](=O)[O-]. The molecule has 1 aliphatic rings. The number of nitrogens with one attached hydrogen (secondary N) is 1. The molecule has 0 aliphatic carbocycles. The van der Waals surface area contributed by atoms with E-state index < -0.39 is 29.3 Å². The summed E-state index contributed by atoms with van der Waals surface area (Å²) in [5.74, 6) is -0.947. The number of carbonyl (C=O) groups is 2. The molecule has 1 amide bonds. The Bertz CT molecular complexity index is 1100. The summed E-state index contributed by atoms with van der Waals surface area (Å²) < 4.78 is 11.1. The summed E-state index contributed by atoms with van der Waals surface area (Å²) in [5.41, 5.74) is 1.07. The van der Waals surface area contributed by atoms with Crippen molar-refractivity contribution in [3.63, 3.8) is 0 Å². The number of rotatable bonds is 5. The quantitative estimate of drug-likeness (QED) is 0.391. The molecular formula is C22H16N2O6. The van der Waals surface area contributed by atoms with Crippen LogP contribution in [0.4, 0.5) is 11.4 Å². The summed E-state index contributed by atoms with van der Waals surface area (Å²) >= 11 is 0. The molecule has 1 aliphatic heterocycles. The lowest BCUT2D eigenvalue weighted by Crippen LogP contribution is -2.26. The number of amides is 1. The highest BCUT2D eigenvalue weighted by atomic mass is 16.6. The molecule has 1 N–H and O–H groups in total. The maximum atomic E-state index is 12.9. The van der Waals surface area contributed by atoms with Gasteiger partial charge in [0.2, 0.25) is 0 Å². The minimum Gasteiger partial charge on any atom is -0.457 e. The van der Waals surface area contributed by atoms with Crippen molar-refractivity contribution in [2.75, 3.05) is 11.9 Å². The molecule has 0 radical (unpaired) electrons. The number of para-hydroxylation sites is 4. The van der Waals surface area contributed by atoms with E-state index in [9.17, 15) is 19.7 Å².